The van der Waals surface area contributed by atoms with E-state index in [2.05, 4.69) is 5.32 Å². The Balaban J connectivity index is 1.76. The average molecular weight is 430 g/mol. The third-order valence-corrected chi connectivity index (χ3v) is 4.95. The van der Waals surface area contributed by atoms with E-state index in [1.54, 1.807) is 49.4 Å². The van der Waals surface area contributed by atoms with Crippen LogP contribution in [0.3, 0.4) is 0 Å². The molecule has 0 aromatic heterocycles. The highest BCUT2D eigenvalue weighted by atomic mass is 35.5. The molecule has 3 aromatic carbocycles. The average Bonchev–Trinajstić information content (AvgIpc) is 2.72. The van der Waals surface area contributed by atoms with Crippen LogP contribution in [0.25, 0.3) is 0 Å². The van der Waals surface area contributed by atoms with Crippen molar-refractivity contribution in [1.29, 1.82) is 0 Å². The molecule has 3 rings (SSSR count). The number of rotatable bonds is 8. The summed E-state index contributed by atoms with van der Waals surface area (Å²) in [4.78, 5) is 11.3. The lowest BCUT2D eigenvalue weighted by atomic mass is 10.1. The van der Waals surface area contributed by atoms with Crippen LogP contribution < -0.4 is 14.8 Å². The maximum Gasteiger partial charge on any atom is 0.336 e. The van der Waals surface area contributed by atoms with Gasteiger partial charge in [-0.15, -0.1) is 0 Å². The summed E-state index contributed by atoms with van der Waals surface area (Å²) < 4.78 is 24.9. The molecule has 0 radical (unpaired) electrons. The summed E-state index contributed by atoms with van der Waals surface area (Å²) in [5.41, 5.74) is 2.83. The zero-order valence-electron chi connectivity index (χ0n) is 16.5. The van der Waals surface area contributed by atoms with Crippen LogP contribution in [-0.4, -0.2) is 18.2 Å². The molecule has 0 heterocycles. The zero-order chi connectivity index (χ0) is 21.7. The molecule has 0 atom stereocenters. The first kappa shape index (κ1) is 21.5. The van der Waals surface area contributed by atoms with Crippen LogP contribution in [0.4, 0.5) is 10.1 Å². The van der Waals surface area contributed by atoms with Gasteiger partial charge in [-0.2, -0.15) is 0 Å². The van der Waals surface area contributed by atoms with Crippen molar-refractivity contribution in [3.63, 3.8) is 0 Å². The highest BCUT2D eigenvalue weighted by Gasteiger charge is 2.14. The van der Waals surface area contributed by atoms with Crippen LogP contribution in [0.1, 0.15) is 27.0 Å². The van der Waals surface area contributed by atoms with Crippen LogP contribution in [0.2, 0.25) is 5.02 Å². The van der Waals surface area contributed by atoms with Gasteiger partial charge in [0.05, 0.1) is 17.7 Å². The van der Waals surface area contributed by atoms with Crippen LogP contribution in [0.15, 0.2) is 54.6 Å². The number of carboxylic acids is 1. The second-order valence-electron chi connectivity index (χ2n) is 6.63. The number of anilines is 1. The molecule has 0 aliphatic rings. The van der Waals surface area contributed by atoms with Gasteiger partial charge < -0.3 is 19.9 Å². The van der Waals surface area contributed by atoms with Crippen molar-refractivity contribution in [1.82, 2.24) is 0 Å². The molecule has 0 amide bonds. The van der Waals surface area contributed by atoms with E-state index in [1.165, 1.54) is 13.2 Å². The summed E-state index contributed by atoms with van der Waals surface area (Å²) in [5.74, 6) is -0.577. The van der Waals surface area contributed by atoms with E-state index in [0.717, 1.165) is 5.56 Å². The van der Waals surface area contributed by atoms with Crippen LogP contribution in [-0.2, 0) is 13.2 Å². The number of carboxylic acid groups (broad SMARTS) is 1. The third kappa shape index (κ3) is 4.83. The normalized spacial score (nSPS) is 10.5. The molecule has 30 heavy (non-hydrogen) atoms. The molecule has 5 nitrogen and oxygen atoms in total. The summed E-state index contributed by atoms with van der Waals surface area (Å²) in [6, 6.07) is 14.9. The standard InChI is InChI=1S/C23H21ClFNO4/c1-14-17(23(27)28)7-5-9-20(14)26-12-15-10-18(24)22(21(11-15)29-2)30-13-16-6-3-4-8-19(16)25/h3-11,26H,12-13H2,1-2H3,(H,27,28). The molecule has 0 fully saturated rings. The molecule has 0 bridgehead atoms. The SMILES string of the molecule is COc1cc(CNc2cccc(C(=O)O)c2C)cc(Cl)c1OCc1ccccc1F. The highest BCUT2D eigenvalue weighted by Crippen LogP contribution is 2.37. The number of hydrogen-bond donors (Lipinski definition) is 2. The van der Waals surface area contributed by atoms with Gasteiger partial charge in [0.15, 0.2) is 11.5 Å². The summed E-state index contributed by atoms with van der Waals surface area (Å²) in [6.45, 7) is 2.16. The Morgan fingerprint density at radius 1 is 1.17 bits per heavy atom. The van der Waals surface area contributed by atoms with E-state index in [4.69, 9.17) is 21.1 Å². The van der Waals surface area contributed by atoms with E-state index in [9.17, 15) is 14.3 Å². The molecule has 0 spiro atoms. The van der Waals surface area contributed by atoms with Gasteiger partial charge in [0, 0.05) is 17.8 Å². The molecule has 0 unspecified atom stereocenters. The number of aromatic carboxylic acids is 1. The lowest BCUT2D eigenvalue weighted by Gasteiger charge is -2.16. The van der Waals surface area contributed by atoms with E-state index in [1.807, 2.05) is 6.07 Å². The number of ether oxygens (including phenoxy) is 2. The van der Waals surface area contributed by atoms with Crippen molar-refractivity contribution in [3.05, 3.63) is 87.7 Å². The van der Waals surface area contributed by atoms with Crippen molar-refractivity contribution < 1.29 is 23.8 Å². The number of benzene rings is 3. The number of methoxy groups -OCH3 is 1. The predicted molar refractivity (Wildman–Crippen MR) is 114 cm³/mol. The topological polar surface area (TPSA) is 67.8 Å². The summed E-state index contributed by atoms with van der Waals surface area (Å²) in [7, 11) is 1.50. The molecular weight excluding hydrogens is 409 g/mol. The van der Waals surface area contributed by atoms with E-state index < -0.39 is 5.97 Å². The quantitative estimate of drug-likeness (QED) is 0.481. The second-order valence-corrected chi connectivity index (χ2v) is 7.03. The largest absolute Gasteiger partial charge is 0.493 e. The van der Waals surface area contributed by atoms with Crippen LogP contribution in [0, 0.1) is 12.7 Å². The Hall–Kier alpha value is -3.25. The lowest BCUT2D eigenvalue weighted by molar-refractivity contribution is 0.0696. The van der Waals surface area contributed by atoms with Crippen molar-refractivity contribution in [2.24, 2.45) is 0 Å². The Bertz CT molecular complexity index is 1070. The maximum atomic E-state index is 13.8. The number of nitrogens with one attached hydrogen (secondary N) is 1. The fourth-order valence-corrected chi connectivity index (χ4v) is 3.32. The predicted octanol–water partition coefficient (Wildman–Crippen LogP) is 5.69. The van der Waals surface area contributed by atoms with Crippen molar-refractivity contribution in [3.8, 4) is 11.5 Å². The monoisotopic (exact) mass is 429 g/mol. The van der Waals surface area contributed by atoms with Gasteiger partial charge in [-0.05, 0) is 48.4 Å². The molecule has 156 valence electrons. The Kier molecular flexibility index (Phi) is 6.79. The van der Waals surface area contributed by atoms with Gasteiger partial charge in [0.2, 0.25) is 0 Å². The molecule has 2 N–H and O–H groups in total. The number of halogens is 2. The van der Waals surface area contributed by atoms with Gasteiger partial charge in [-0.1, -0.05) is 35.9 Å². The first-order valence-corrected chi connectivity index (χ1v) is 9.58. The molecule has 0 saturated heterocycles. The Morgan fingerprint density at radius 2 is 1.93 bits per heavy atom. The number of carbonyl (C=O) groups is 1. The first-order chi connectivity index (χ1) is 14.4. The Labute approximate surface area is 179 Å². The molecule has 7 heteroatoms. The van der Waals surface area contributed by atoms with Gasteiger partial charge in [-0.25, -0.2) is 9.18 Å². The van der Waals surface area contributed by atoms with Gasteiger partial charge in [0.25, 0.3) is 0 Å². The third-order valence-electron chi connectivity index (χ3n) is 4.67. The molecule has 0 aliphatic carbocycles. The minimum absolute atomic E-state index is 0.0154. The Morgan fingerprint density at radius 3 is 2.63 bits per heavy atom. The zero-order valence-corrected chi connectivity index (χ0v) is 17.3. The molecule has 0 saturated carbocycles. The summed E-state index contributed by atoms with van der Waals surface area (Å²) in [6.07, 6.45) is 0. The second kappa shape index (κ2) is 9.50. The van der Waals surface area contributed by atoms with Crippen LogP contribution >= 0.6 is 11.6 Å². The number of hydrogen-bond acceptors (Lipinski definition) is 4. The van der Waals surface area contributed by atoms with E-state index in [0.29, 0.717) is 39.9 Å². The lowest BCUT2D eigenvalue weighted by Crippen LogP contribution is -2.06. The smallest absolute Gasteiger partial charge is 0.336 e. The summed E-state index contributed by atoms with van der Waals surface area (Å²) in [5, 5.41) is 12.8. The van der Waals surface area contributed by atoms with Gasteiger partial charge >= 0.3 is 5.97 Å². The van der Waals surface area contributed by atoms with E-state index >= 15 is 0 Å². The molecule has 3 aromatic rings. The molecular formula is C23H21ClFNO4. The van der Waals surface area contributed by atoms with Crippen molar-refractivity contribution in [2.75, 3.05) is 12.4 Å². The van der Waals surface area contributed by atoms with Crippen molar-refractivity contribution in [2.45, 2.75) is 20.1 Å². The summed E-state index contributed by atoms with van der Waals surface area (Å²) >= 11 is 6.39. The van der Waals surface area contributed by atoms with Crippen molar-refractivity contribution >= 4 is 23.3 Å². The highest BCUT2D eigenvalue weighted by molar-refractivity contribution is 6.32. The molecule has 0 aliphatic heterocycles. The first-order valence-electron chi connectivity index (χ1n) is 9.20. The maximum absolute atomic E-state index is 13.8. The minimum atomic E-state index is -0.975. The fourth-order valence-electron chi connectivity index (χ4n) is 3.04. The van der Waals surface area contributed by atoms with Gasteiger partial charge in [0.1, 0.15) is 12.4 Å². The van der Waals surface area contributed by atoms with Crippen LogP contribution in [0.5, 0.6) is 11.5 Å². The minimum Gasteiger partial charge on any atom is -0.493 e. The van der Waals surface area contributed by atoms with E-state index in [-0.39, 0.29) is 18.0 Å². The van der Waals surface area contributed by atoms with Gasteiger partial charge in [-0.3, -0.25) is 0 Å². The fraction of sp³-hybridized carbons (Fsp3) is 0.174.